The van der Waals surface area contributed by atoms with Gasteiger partial charge in [-0.1, -0.05) is 18.2 Å². The van der Waals surface area contributed by atoms with Crippen LogP contribution in [0.15, 0.2) is 30.3 Å². The quantitative estimate of drug-likeness (QED) is 0.937. The summed E-state index contributed by atoms with van der Waals surface area (Å²) in [6.45, 7) is 0.538. The van der Waals surface area contributed by atoms with Gasteiger partial charge in [0.1, 0.15) is 12.4 Å². The van der Waals surface area contributed by atoms with E-state index in [1.54, 1.807) is 31.2 Å². The van der Waals surface area contributed by atoms with E-state index in [0.29, 0.717) is 11.1 Å². The summed E-state index contributed by atoms with van der Waals surface area (Å²) in [6, 6.07) is 8.59. The maximum atomic E-state index is 12.6. The van der Waals surface area contributed by atoms with Gasteiger partial charge in [0.05, 0.1) is 12.1 Å². The zero-order valence-electron chi connectivity index (χ0n) is 11.0. The first-order chi connectivity index (χ1) is 9.44. The van der Waals surface area contributed by atoms with Crippen molar-refractivity contribution in [3.8, 4) is 0 Å². The Morgan fingerprint density at radius 2 is 1.95 bits per heavy atom. The summed E-state index contributed by atoms with van der Waals surface area (Å²) >= 11 is 0. The summed E-state index contributed by atoms with van der Waals surface area (Å²) in [5.74, 6) is 0.229. The van der Waals surface area contributed by atoms with Crippen LogP contribution in [-0.2, 0) is 6.61 Å². The van der Waals surface area contributed by atoms with Crippen LogP contribution in [0.2, 0.25) is 0 Å². The molecule has 0 unspecified atom stereocenters. The van der Waals surface area contributed by atoms with E-state index in [1.807, 2.05) is 0 Å². The van der Waals surface area contributed by atoms with Crippen molar-refractivity contribution in [2.24, 2.45) is 0 Å². The molecule has 0 aliphatic heterocycles. The first-order valence-corrected chi connectivity index (χ1v) is 6.26. The van der Waals surface area contributed by atoms with Crippen molar-refractivity contribution in [3.05, 3.63) is 35.9 Å². The molecule has 0 saturated heterocycles. The number of hydrogen-bond acceptors (Lipinski definition) is 3. The van der Waals surface area contributed by atoms with Crippen LogP contribution in [0, 0.1) is 0 Å². The zero-order chi connectivity index (χ0) is 14.8. The number of fused-ring (bicyclic) bond motifs is 1. The molecule has 0 fully saturated rings. The number of pyridine rings is 1. The summed E-state index contributed by atoms with van der Waals surface area (Å²) < 4.78 is 37.7. The van der Waals surface area contributed by atoms with Gasteiger partial charge in [-0.15, -0.1) is 0 Å². The molecule has 3 nitrogen and oxygen atoms in total. The number of alkyl halides is 3. The number of para-hydroxylation sites is 1. The van der Waals surface area contributed by atoms with E-state index in [0.717, 1.165) is 10.3 Å². The zero-order valence-corrected chi connectivity index (χ0v) is 11.0. The lowest BCUT2D eigenvalue weighted by Crippen LogP contribution is -2.34. The van der Waals surface area contributed by atoms with E-state index < -0.39 is 12.7 Å². The average Bonchev–Trinajstić information content (AvgIpc) is 2.42. The van der Waals surface area contributed by atoms with Crippen molar-refractivity contribution in [2.75, 3.05) is 18.0 Å². The Hall–Kier alpha value is -1.82. The van der Waals surface area contributed by atoms with Crippen LogP contribution in [0.5, 0.6) is 0 Å². The minimum atomic E-state index is -4.29. The van der Waals surface area contributed by atoms with Gasteiger partial charge in [-0.25, -0.2) is 4.98 Å². The highest BCUT2D eigenvalue weighted by Crippen LogP contribution is 2.25. The van der Waals surface area contributed by atoms with Gasteiger partial charge in [-0.2, -0.15) is 13.2 Å². The van der Waals surface area contributed by atoms with Crippen molar-refractivity contribution in [1.29, 1.82) is 0 Å². The van der Waals surface area contributed by atoms with Crippen molar-refractivity contribution < 1.29 is 18.3 Å². The molecule has 1 aromatic heterocycles. The Labute approximate surface area is 114 Å². The first kappa shape index (κ1) is 14.6. The lowest BCUT2D eigenvalue weighted by molar-refractivity contribution is -0.119. The molecule has 0 bridgehead atoms. The predicted molar refractivity (Wildman–Crippen MR) is 71.6 cm³/mol. The summed E-state index contributed by atoms with van der Waals surface area (Å²) in [6.07, 6.45) is -4.29. The van der Waals surface area contributed by atoms with E-state index in [9.17, 15) is 18.3 Å². The maximum absolute atomic E-state index is 12.6. The third-order valence-corrected chi connectivity index (χ3v) is 3.03. The van der Waals surface area contributed by atoms with E-state index in [-0.39, 0.29) is 19.0 Å². The smallest absolute Gasteiger partial charge is 0.392 e. The number of hydrogen-bond donors (Lipinski definition) is 1. The van der Waals surface area contributed by atoms with Crippen molar-refractivity contribution in [3.63, 3.8) is 0 Å². The Balaban J connectivity index is 2.48. The summed E-state index contributed by atoms with van der Waals surface area (Å²) in [7, 11) is 0. The number of aliphatic hydroxyl groups is 1. The molecule has 1 N–H and O–H groups in total. The first-order valence-electron chi connectivity index (χ1n) is 6.26. The molecule has 1 aromatic carbocycles. The lowest BCUT2D eigenvalue weighted by atomic mass is 10.1. The van der Waals surface area contributed by atoms with E-state index in [4.69, 9.17) is 0 Å². The molecule has 0 aliphatic carbocycles. The largest absolute Gasteiger partial charge is 0.405 e. The summed E-state index contributed by atoms with van der Waals surface area (Å²) in [5.41, 5.74) is 1.15. The molecule has 0 spiro atoms. The third kappa shape index (κ3) is 3.19. The lowest BCUT2D eigenvalue weighted by Gasteiger charge is -2.24. The monoisotopic (exact) mass is 284 g/mol. The van der Waals surface area contributed by atoms with Gasteiger partial charge in [-0.3, -0.25) is 0 Å². The molecule has 0 radical (unpaired) electrons. The molecule has 0 saturated carbocycles. The highest BCUT2D eigenvalue weighted by molar-refractivity contribution is 5.84. The van der Waals surface area contributed by atoms with Gasteiger partial charge in [0.25, 0.3) is 0 Å². The molecule has 1 heterocycles. The minimum Gasteiger partial charge on any atom is -0.392 e. The van der Waals surface area contributed by atoms with Gasteiger partial charge in [-0.05, 0) is 24.6 Å². The maximum Gasteiger partial charge on any atom is 0.405 e. The van der Waals surface area contributed by atoms with Crippen molar-refractivity contribution >= 4 is 16.7 Å². The summed E-state index contributed by atoms with van der Waals surface area (Å²) in [4.78, 5) is 5.40. The SMILES string of the molecule is CCN(CC(F)(F)F)c1cc(CO)c2ccccc2n1. The normalized spacial score (nSPS) is 11.8. The minimum absolute atomic E-state index is 0.190. The van der Waals surface area contributed by atoms with Crippen LogP contribution >= 0.6 is 0 Å². The highest BCUT2D eigenvalue weighted by atomic mass is 19.4. The highest BCUT2D eigenvalue weighted by Gasteiger charge is 2.31. The molecule has 2 aromatic rings. The molecule has 0 atom stereocenters. The topological polar surface area (TPSA) is 36.4 Å². The van der Waals surface area contributed by atoms with Gasteiger partial charge >= 0.3 is 6.18 Å². The average molecular weight is 284 g/mol. The van der Waals surface area contributed by atoms with Crippen LogP contribution in [0.3, 0.4) is 0 Å². The van der Waals surface area contributed by atoms with E-state index in [2.05, 4.69) is 4.98 Å². The molecule has 0 aliphatic rings. The fraction of sp³-hybridized carbons (Fsp3) is 0.357. The fourth-order valence-corrected chi connectivity index (χ4v) is 2.10. The number of benzene rings is 1. The second-order valence-electron chi connectivity index (χ2n) is 4.44. The van der Waals surface area contributed by atoms with Crippen LogP contribution in [0.1, 0.15) is 12.5 Å². The Morgan fingerprint density at radius 1 is 1.25 bits per heavy atom. The van der Waals surface area contributed by atoms with Gasteiger partial charge in [0.2, 0.25) is 0 Å². The number of nitrogens with zero attached hydrogens (tertiary/aromatic N) is 2. The van der Waals surface area contributed by atoms with Crippen molar-refractivity contribution in [2.45, 2.75) is 19.7 Å². The van der Waals surface area contributed by atoms with Crippen LogP contribution in [0.25, 0.3) is 10.9 Å². The van der Waals surface area contributed by atoms with Crippen LogP contribution < -0.4 is 4.90 Å². The molecule has 108 valence electrons. The van der Waals surface area contributed by atoms with Crippen LogP contribution in [0.4, 0.5) is 19.0 Å². The Morgan fingerprint density at radius 3 is 2.55 bits per heavy atom. The van der Waals surface area contributed by atoms with Gasteiger partial charge < -0.3 is 10.0 Å². The molecular weight excluding hydrogens is 269 g/mol. The number of aliphatic hydroxyl groups excluding tert-OH is 1. The van der Waals surface area contributed by atoms with Gasteiger partial charge in [0, 0.05) is 11.9 Å². The second-order valence-corrected chi connectivity index (χ2v) is 4.44. The molecule has 0 amide bonds. The molecular formula is C14H15F3N2O. The van der Waals surface area contributed by atoms with Crippen molar-refractivity contribution in [1.82, 2.24) is 4.98 Å². The number of halogens is 3. The predicted octanol–water partition coefficient (Wildman–Crippen LogP) is 3.12. The molecule has 2 rings (SSSR count). The van der Waals surface area contributed by atoms with Gasteiger partial charge in [0.15, 0.2) is 0 Å². The number of aromatic nitrogens is 1. The third-order valence-electron chi connectivity index (χ3n) is 3.03. The van der Waals surface area contributed by atoms with E-state index >= 15 is 0 Å². The number of anilines is 1. The second kappa shape index (κ2) is 5.66. The molecule has 20 heavy (non-hydrogen) atoms. The number of rotatable bonds is 4. The molecule has 6 heteroatoms. The van der Waals surface area contributed by atoms with E-state index in [1.165, 1.54) is 6.07 Å². The summed E-state index contributed by atoms with van der Waals surface area (Å²) in [5, 5.41) is 10.1. The Kier molecular flexibility index (Phi) is 4.13. The Bertz CT molecular complexity index is 598. The fourth-order valence-electron chi connectivity index (χ4n) is 2.10. The van der Waals surface area contributed by atoms with Crippen LogP contribution in [-0.4, -0.2) is 29.4 Å². The standard InChI is InChI=1S/C14H15F3N2O/c1-2-19(9-14(15,16)17)13-7-10(8-20)11-5-3-4-6-12(11)18-13/h3-7,20H,2,8-9H2,1H3.